The van der Waals surface area contributed by atoms with Gasteiger partial charge in [0.05, 0.1) is 0 Å². The van der Waals surface area contributed by atoms with E-state index in [2.05, 4.69) is 4.40 Å². The summed E-state index contributed by atoms with van der Waals surface area (Å²) < 4.78 is 29.4. The number of benzene rings is 1. The Hall–Kier alpha value is -0.870. The number of aryl methyl sites for hydroxylation is 1. The normalized spacial score (nSPS) is 19.5. The summed E-state index contributed by atoms with van der Waals surface area (Å²) in [5.74, 6) is -0.260. The highest BCUT2D eigenvalue weighted by molar-refractivity contribution is 7.91. The van der Waals surface area contributed by atoms with Gasteiger partial charge in [-0.15, -0.1) is 0 Å². The second kappa shape index (κ2) is 4.42. The van der Waals surface area contributed by atoms with E-state index >= 15 is 0 Å². The van der Waals surface area contributed by atoms with Gasteiger partial charge in [-0.25, -0.2) is 4.39 Å². The third kappa shape index (κ3) is 2.53. The Morgan fingerprint density at radius 2 is 2.00 bits per heavy atom. The van der Waals surface area contributed by atoms with Crippen molar-refractivity contribution in [3.8, 4) is 0 Å². The summed E-state index contributed by atoms with van der Waals surface area (Å²) in [7, 11) is 0. The van der Waals surface area contributed by atoms with Gasteiger partial charge in [0.1, 0.15) is 27.6 Å². The second-order valence-electron chi connectivity index (χ2n) is 5.17. The maximum absolute atomic E-state index is 13.7. The molecule has 0 radical (unpaired) electrons. The Morgan fingerprint density at radius 3 is 2.65 bits per heavy atom. The fourth-order valence-corrected chi connectivity index (χ4v) is 2.46. The lowest BCUT2D eigenvalue weighted by Crippen LogP contribution is -2.26. The van der Waals surface area contributed by atoms with E-state index < -0.39 is 16.1 Å². The monoisotopic (exact) mass is 253 g/mol. The molecule has 0 bridgehead atoms. The van der Waals surface area contributed by atoms with Crippen molar-refractivity contribution in [3.05, 3.63) is 35.1 Å². The zero-order valence-corrected chi connectivity index (χ0v) is 11.1. The van der Waals surface area contributed by atoms with Crippen LogP contribution in [0.3, 0.4) is 0 Å². The summed E-state index contributed by atoms with van der Waals surface area (Å²) in [4.78, 5) is 0. The molecule has 0 aromatic heterocycles. The minimum Gasteiger partial charge on any atom is -0.591 e. The van der Waals surface area contributed by atoms with E-state index in [9.17, 15) is 8.94 Å². The summed E-state index contributed by atoms with van der Waals surface area (Å²) in [6.45, 7) is 5.60. The van der Waals surface area contributed by atoms with Gasteiger partial charge in [-0.3, -0.25) is 0 Å². The van der Waals surface area contributed by atoms with Crippen LogP contribution in [0.5, 0.6) is 0 Å². The van der Waals surface area contributed by atoms with Gasteiger partial charge in [-0.1, -0.05) is 16.5 Å². The average Bonchev–Trinajstić information content (AvgIpc) is 2.61. The van der Waals surface area contributed by atoms with Crippen molar-refractivity contribution in [2.75, 3.05) is 0 Å². The van der Waals surface area contributed by atoms with Crippen LogP contribution >= 0.6 is 0 Å². The summed E-state index contributed by atoms with van der Waals surface area (Å²) in [6.07, 6.45) is 1.46. The molecule has 92 valence electrons. The van der Waals surface area contributed by atoms with Crippen molar-refractivity contribution in [1.29, 1.82) is 0 Å². The van der Waals surface area contributed by atoms with Crippen LogP contribution in [0, 0.1) is 5.82 Å². The lowest BCUT2D eigenvalue weighted by Gasteiger charge is -2.18. The minimum absolute atomic E-state index is 0.260. The Balaban J connectivity index is 2.37. The van der Waals surface area contributed by atoms with Gasteiger partial charge < -0.3 is 4.55 Å². The molecule has 1 aromatic rings. The quantitative estimate of drug-likeness (QED) is 0.708. The SMILES string of the molecule is CC(C)(C)[S+]([O-])N=C1CCc2cccc(F)c21. The first-order valence-corrected chi connectivity index (χ1v) is 6.77. The van der Waals surface area contributed by atoms with Gasteiger partial charge >= 0.3 is 0 Å². The van der Waals surface area contributed by atoms with Crippen LogP contribution in [0.25, 0.3) is 0 Å². The summed E-state index contributed by atoms with van der Waals surface area (Å²) in [5.41, 5.74) is 2.17. The van der Waals surface area contributed by atoms with Crippen LogP contribution in [-0.4, -0.2) is 15.0 Å². The van der Waals surface area contributed by atoms with Gasteiger partial charge in [-0.2, -0.15) is 0 Å². The van der Waals surface area contributed by atoms with Crippen LogP contribution in [0.4, 0.5) is 4.39 Å². The van der Waals surface area contributed by atoms with Crippen molar-refractivity contribution in [1.82, 2.24) is 0 Å². The van der Waals surface area contributed by atoms with E-state index in [1.54, 1.807) is 6.07 Å². The third-order valence-corrected chi connectivity index (χ3v) is 4.17. The van der Waals surface area contributed by atoms with Crippen LogP contribution in [0.1, 0.15) is 38.3 Å². The number of hydrogen-bond acceptors (Lipinski definition) is 2. The maximum atomic E-state index is 13.7. The van der Waals surface area contributed by atoms with Crippen molar-refractivity contribution in [2.45, 2.75) is 38.4 Å². The van der Waals surface area contributed by atoms with Crippen molar-refractivity contribution in [3.63, 3.8) is 0 Å². The Kier molecular flexibility index (Phi) is 3.27. The van der Waals surface area contributed by atoms with Crippen LogP contribution in [0.2, 0.25) is 0 Å². The molecule has 1 atom stereocenters. The molecule has 1 aliphatic carbocycles. The van der Waals surface area contributed by atoms with Crippen LogP contribution in [-0.2, 0) is 17.8 Å². The average molecular weight is 253 g/mol. The van der Waals surface area contributed by atoms with E-state index in [0.717, 1.165) is 12.0 Å². The molecular weight excluding hydrogens is 237 g/mol. The fraction of sp³-hybridized carbons (Fsp3) is 0.462. The topological polar surface area (TPSA) is 35.4 Å². The largest absolute Gasteiger partial charge is 0.591 e. The van der Waals surface area contributed by atoms with E-state index in [4.69, 9.17) is 0 Å². The molecule has 0 spiro atoms. The molecule has 2 nitrogen and oxygen atoms in total. The molecule has 0 heterocycles. The second-order valence-corrected chi connectivity index (χ2v) is 7.08. The molecule has 0 saturated carbocycles. The van der Waals surface area contributed by atoms with Crippen molar-refractivity contribution in [2.24, 2.45) is 4.40 Å². The molecule has 0 fully saturated rings. The Bertz CT molecular complexity index is 465. The smallest absolute Gasteiger partial charge is 0.144 e. The summed E-state index contributed by atoms with van der Waals surface area (Å²) in [5, 5.41) is 0. The molecule has 0 amide bonds. The predicted octanol–water partition coefficient (Wildman–Crippen LogP) is 3.02. The van der Waals surface area contributed by atoms with Crippen LogP contribution in [0.15, 0.2) is 22.6 Å². The molecule has 17 heavy (non-hydrogen) atoms. The van der Waals surface area contributed by atoms with Gasteiger partial charge in [0.15, 0.2) is 0 Å². The standard InChI is InChI=1S/C13H16FNOS/c1-13(2,3)17(16)15-11-8-7-9-5-4-6-10(14)12(9)11/h4-6H,7-8H2,1-3H3. The van der Waals surface area contributed by atoms with E-state index in [-0.39, 0.29) is 5.82 Å². The molecule has 4 heteroatoms. The molecule has 1 aliphatic rings. The molecule has 2 rings (SSSR count). The number of rotatable bonds is 1. The van der Waals surface area contributed by atoms with E-state index in [1.807, 2.05) is 26.8 Å². The van der Waals surface area contributed by atoms with Gasteiger partial charge in [0, 0.05) is 5.56 Å². The third-order valence-electron chi connectivity index (χ3n) is 2.74. The first-order chi connectivity index (χ1) is 7.89. The number of hydrogen-bond donors (Lipinski definition) is 0. The Labute approximate surface area is 104 Å². The van der Waals surface area contributed by atoms with E-state index in [0.29, 0.717) is 17.7 Å². The minimum atomic E-state index is -1.32. The number of halogens is 1. The molecule has 0 aliphatic heterocycles. The zero-order valence-electron chi connectivity index (χ0n) is 10.3. The van der Waals surface area contributed by atoms with Gasteiger partial charge in [0.2, 0.25) is 0 Å². The van der Waals surface area contributed by atoms with Crippen molar-refractivity contribution >= 4 is 17.1 Å². The number of nitrogens with zero attached hydrogens (tertiary/aromatic N) is 1. The highest BCUT2D eigenvalue weighted by atomic mass is 32.2. The zero-order chi connectivity index (χ0) is 12.6. The highest BCUT2D eigenvalue weighted by Crippen LogP contribution is 2.27. The summed E-state index contributed by atoms with van der Waals surface area (Å²) >= 11 is -1.32. The van der Waals surface area contributed by atoms with Crippen LogP contribution < -0.4 is 0 Å². The number of fused-ring (bicyclic) bond motifs is 1. The first-order valence-electron chi connectivity index (χ1n) is 5.67. The summed E-state index contributed by atoms with van der Waals surface area (Å²) in [6, 6.07) is 5.04. The Morgan fingerprint density at radius 1 is 1.29 bits per heavy atom. The molecule has 1 aromatic carbocycles. The van der Waals surface area contributed by atoms with Gasteiger partial charge in [-0.05, 0) is 45.2 Å². The highest BCUT2D eigenvalue weighted by Gasteiger charge is 2.30. The maximum Gasteiger partial charge on any atom is 0.144 e. The molecule has 0 N–H and O–H groups in total. The first kappa shape index (κ1) is 12.6. The van der Waals surface area contributed by atoms with E-state index in [1.165, 1.54) is 6.07 Å². The molecular formula is C13H16FNOS. The van der Waals surface area contributed by atoms with Crippen molar-refractivity contribution < 1.29 is 8.94 Å². The van der Waals surface area contributed by atoms with Gasteiger partial charge in [0.25, 0.3) is 0 Å². The molecule has 0 saturated heterocycles. The lowest BCUT2D eigenvalue weighted by molar-refractivity contribution is 0.561. The molecule has 1 unspecified atom stereocenters. The predicted molar refractivity (Wildman–Crippen MR) is 69.2 cm³/mol. The lowest BCUT2D eigenvalue weighted by atomic mass is 10.1. The fourth-order valence-electron chi connectivity index (χ4n) is 1.81.